The van der Waals surface area contributed by atoms with Crippen LogP contribution in [0.4, 0.5) is 0 Å². The summed E-state index contributed by atoms with van der Waals surface area (Å²) in [5.41, 5.74) is -0.567. The molecule has 0 aliphatic carbocycles. The fourth-order valence-electron chi connectivity index (χ4n) is 2.39. The molecule has 0 aliphatic rings. The van der Waals surface area contributed by atoms with Crippen LogP contribution in [0.5, 0.6) is 0 Å². The van der Waals surface area contributed by atoms with Gasteiger partial charge in [-0.05, 0) is 19.3 Å². The zero-order chi connectivity index (χ0) is 22.1. The van der Waals surface area contributed by atoms with E-state index in [-0.39, 0.29) is 30.8 Å². The van der Waals surface area contributed by atoms with Gasteiger partial charge in [0.25, 0.3) is 0 Å². The highest BCUT2D eigenvalue weighted by Gasteiger charge is 2.30. The average Bonchev–Trinajstić information content (AvgIpc) is 2.66. The number of unbranched alkanes of at least 4 members (excludes halogenated alkanes) is 1. The highest BCUT2D eigenvalue weighted by Crippen LogP contribution is 2.19. The van der Waals surface area contributed by atoms with Crippen molar-refractivity contribution in [3.8, 4) is 0 Å². The lowest BCUT2D eigenvalue weighted by atomic mass is 9.84. The molecule has 0 aromatic rings. The summed E-state index contributed by atoms with van der Waals surface area (Å²) in [5, 5.41) is 5.53. The number of amides is 2. The lowest BCUT2D eigenvalue weighted by Crippen LogP contribution is -2.46. The Labute approximate surface area is 174 Å². The fraction of sp³-hybridized carbons (Fsp3) is 0.850. The topological polar surface area (TPSA) is 112 Å². The van der Waals surface area contributed by atoms with E-state index in [0.717, 1.165) is 0 Å². The molecule has 0 unspecified atom stereocenters. The van der Waals surface area contributed by atoms with Crippen LogP contribution < -0.4 is 10.6 Å². The van der Waals surface area contributed by atoms with Crippen LogP contribution in [0, 0.1) is 5.41 Å². The predicted molar refractivity (Wildman–Crippen MR) is 109 cm³/mol. The first-order valence-corrected chi connectivity index (χ1v) is 9.96. The summed E-state index contributed by atoms with van der Waals surface area (Å²) >= 11 is 0. The Hall–Kier alpha value is -1.55. The minimum absolute atomic E-state index is 0.00633. The second kappa shape index (κ2) is 16.3. The van der Waals surface area contributed by atoms with Crippen molar-refractivity contribution in [3.63, 3.8) is 0 Å². The first-order chi connectivity index (χ1) is 13.7. The second-order valence-electron chi connectivity index (χ2n) is 7.67. The van der Waals surface area contributed by atoms with Gasteiger partial charge in [0.15, 0.2) is 5.78 Å². The smallest absolute Gasteiger partial charge is 0.246 e. The highest BCUT2D eigenvalue weighted by molar-refractivity contribution is 5.92. The number of carbonyl (C=O) groups excluding carboxylic acids is 3. The molecule has 0 spiro atoms. The van der Waals surface area contributed by atoms with Gasteiger partial charge in [0.2, 0.25) is 11.8 Å². The molecule has 2 amide bonds. The first-order valence-electron chi connectivity index (χ1n) is 9.96. The standard InChI is InChI=1S/C20H38N2O7/c1-20(2,3)19(25)16(22-18(24)15-29-13-11-27-5)8-6-7-9-21-17(23)14-28-12-10-26-4/h16H,6-15H2,1-5H3,(H,21,23)(H,22,24)/t16-/m0/s1. The van der Waals surface area contributed by atoms with Crippen LogP contribution in [0.3, 0.4) is 0 Å². The van der Waals surface area contributed by atoms with E-state index >= 15 is 0 Å². The van der Waals surface area contributed by atoms with Crippen molar-refractivity contribution in [2.24, 2.45) is 5.41 Å². The molecule has 0 radical (unpaired) electrons. The van der Waals surface area contributed by atoms with Crippen LogP contribution in [-0.4, -0.2) is 84.0 Å². The molecule has 2 N–H and O–H groups in total. The predicted octanol–water partition coefficient (Wildman–Crippen LogP) is 0.699. The van der Waals surface area contributed by atoms with Crippen molar-refractivity contribution in [1.29, 1.82) is 0 Å². The third-order valence-electron chi connectivity index (χ3n) is 3.96. The lowest BCUT2D eigenvalue weighted by Gasteiger charge is -2.25. The minimum Gasteiger partial charge on any atom is -0.382 e. The molecule has 0 rings (SSSR count). The van der Waals surface area contributed by atoms with Crippen LogP contribution >= 0.6 is 0 Å². The maximum atomic E-state index is 12.6. The highest BCUT2D eigenvalue weighted by atomic mass is 16.5. The Morgan fingerprint density at radius 2 is 1.38 bits per heavy atom. The Morgan fingerprint density at radius 3 is 1.90 bits per heavy atom. The van der Waals surface area contributed by atoms with Gasteiger partial charge in [0.1, 0.15) is 13.2 Å². The molecule has 29 heavy (non-hydrogen) atoms. The van der Waals surface area contributed by atoms with Crippen molar-refractivity contribution in [2.75, 3.05) is 60.4 Å². The number of nitrogens with one attached hydrogen (secondary N) is 2. The molecule has 0 bridgehead atoms. The molecular formula is C20H38N2O7. The van der Waals surface area contributed by atoms with E-state index in [1.165, 1.54) is 0 Å². The molecule has 1 atom stereocenters. The average molecular weight is 419 g/mol. The van der Waals surface area contributed by atoms with Crippen molar-refractivity contribution < 1.29 is 33.3 Å². The fourth-order valence-corrected chi connectivity index (χ4v) is 2.39. The van der Waals surface area contributed by atoms with Crippen LogP contribution in [0.1, 0.15) is 40.0 Å². The van der Waals surface area contributed by atoms with Gasteiger partial charge in [0, 0.05) is 26.2 Å². The zero-order valence-corrected chi connectivity index (χ0v) is 18.5. The first kappa shape index (κ1) is 27.5. The van der Waals surface area contributed by atoms with E-state index in [4.69, 9.17) is 18.9 Å². The third kappa shape index (κ3) is 15.0. The van der Waals surface area contributed by atoms with E-state index < -0.39 is 11.5 Å². The van der Waals surface area contributed by atoms with Gasteiger partial charge in [-0.3, -0.25) is 14.4 Å². The maximum absolute atomic E-state index is 12.6. The third-order valence-corrected chi connectivity index (χ3v) is 3.96. The largest absolute Gasteiger partial charge is 0.382 e. The summed E-state index contributed by atoms with van der Waals surface area (Å²) in [5.74, 6) is -0.548. The molecule has 0 aliphatic heterocycles. The van der Waals surface area contributed by atoms with Crippen molar-refractivity contribution in [1.82, 2.24) is 10.6 Å². The number of ether oxygens (including phenoxy) is 4. The molecule has 0 fully saturated rings. The van der Waals surface area contributed by atoms with Crippen LogP contribution in [0.2, 0.25) is 0 Å². The normalized spacial score (nSPS) is 12.4. The number of hydrogen-bond acceptors (Lipinski definition) is 7. The summed E-state index contributed by atoms with van der Waals surface area (Å²) in [6.45, 7) is 7.38. The van der Waals surface area contributed by atoms with Gasteiger partial charge in [-0.25, -0.2) is 0 Å². The summed E-state index contributed by atoms with van der Waals surface area (Å²) in [6.07, 6.45) is 1.88. The molecule has 0 saturated carbocycles. The summed E-state index contributed by atoms with van der Waals surface area (Å²) < 4.78 is 20.0. The Morgan fingerprint density at radius 1 is 0.828 bits per heavy atom. The Balaban J connectivity index is 4.26. The quantitative estimate of drug-likeness (QED) is 0.334. The molecule has 0 aromatic carbocycles. The van der Waals surface area contributed by atoms with Gasteiger partial charge in [-0.1, -0.05) is 20.8 Å². The molecular weight excluding hydrogens is 380 g/mol. The molecule has 0 saturated heterocycles. The summed E-state index contributed by atoms with van der Waals surface area (Å²) in [7, 11) is 3.12. The van der Waals surface area contributed by atoms with Gasteiger partial charge in [0.05, 0.1) is 32.5 Å². The van der Waals surface area contributed by atoms with Gasteiger partial charge in [-0.15, -0.1) is 0 Å². The zero-order valence-electron chi connectivity index (χ0n) is 18.5. The second-order valence-corrected chi connectivity index (χ2v) is 7.67. The van der Waals surface area contributed by atoms with E-state index in [0.29, 0.717) is 52.2 Å². The van der Waals surface area contributed by atoms with Gasteiger partial charge >= 0.3 is 0 Å². The number of carbonyl (C=O) groups is 3. The molecule has 170 valence electrons. The van der Waals surface area contributed by atoms with Crippen LogP contribution in [-0.2, 0) is 33.3 Å². The lowest BCUT2D eigenvalue weighted by molar-refractivity contribution is -0.134. The van der Waals surface area contributed by atoms with Gasteiger partial charge in [-0.2, -0.15) is 0 Å². The summed E-state index contributed by atoms with van der Waals surface area (Å²) in [4.78, 5) is 36.3. The Kier molecular flexibility index (Phi) is 15.4. The van der Waals surface area contributed by atoms with Crippen molar-refractivity contribution in [2.45, 2.75) is 46.1 Å². The monoisotopic (exact) mass is 418 g/mol. The van der Waals surface area contributed by atoms with Crippen molar-refractivity contribution >= 4 is 17.6 Å². The molecule has 0 heterocycles. The number of methoxy groups -OCH3 is 2. The minimum atomic E-state index is -0.582. The Bertz CT molecular complexity index is 478. The van der Waals surface area contributed by atoms with E-state index in [1.54, 1.807) is 14.2 Å². The van der Waals surface area contributed by atoms with Crippen LogP contribution in [0.25, 0.3) is 0 Å². The van der Waals surface area contributed by atoms with Crippen molar-refractivity contribution in [3.05, 3.63) is 0 Å². The SMILES string of the molecule is COCCOCC(=O)NCCCC[C@H](NC(=O)COCCOC)C(=O)C(C)(C)C. The van der Waals surface area contributed by atoms with Crippen LogP contribution in [0.15, 0.2) is 0 Å². The number of ketones is 1. The van der Waals surface area contributed by atoms with Gasteiger partial charge < -0.3 is 29.6 Å². The maximum Gasteiger partial charge on any atom is 0.246 e. The van der Waals surface area contributed by atoms with E-state index in [1.807, 2.05) is 20.8 Å². The molecule has 9 heteroatoms. The number of hydrogen-bond donors (Lipinski definition) is 2. The number of rotatable bonds is 17. The molecule has 9 nitrogen and oxygen atoms in total. The molecule has 0 aromatic heterocycles. The van der Waals surface area contributed by atoms with E-state index in [9.17, 15) is 14.4 Å². The number of Topliss-reactive ketones (excluding diaryl/α,β-unsaturated/α-hetero) is 1. The summed E-state index contributed by atoms with van der Waals surface area (Å²) in [6, 6.07) is -0.582. The van der Waals surface area contributed by atoms with E-state index in [2.05, 4.69) is 10.6 Å².